The quantitative estimate of drug-likeness (QED) is 0.875. The topological polar surface area (TPSA) is 51.2 Å². The molecule has 0 bridgehead atoms. The van der Waals surface area contributed by atoms with E-state index in [4.69, 9.17) is 16.3 Å². The highest BCUT2D eigenvalue weighted by Gasteiger charge is 2.14. The van der Waals surface area contributed by atoms with Crippen molar-refractivity contribution in [3.63, 3.8) is 0 Å². The number of aromatic nitrogens is 1. The largest absolute Gasteiger partial charge is 0.383 e. The Kier molecular flexibility index (Phi) is 4.35. The van der Waals surface area contributed by atoms with Crippen molar-refractivity contribution >= 4 is 28.4 Å². The highest BCUT2D eigenvalue weighted by atomic mass is 35.5. The van der Waals surface area contributed by atoms with Gasteiger partial charge in [0.1, 0.15) is 5.15 Å². The Hall–Kier alpha value is -1.65. The van der Waals surface area contributed by atoms with Gasteiger partial charge >= 0.3 is 0 Å². The van der Waals surface area contributed by atoms with E-state index in [1.165, 1.54) is 0 Å². The number of fused-ring (bicyclic) bond motifs is 1. The Labute approximate surface area is 116 Å². The average molecular weight is 279 g/mol. The second-order valence-electron chi connectivity index (χ2n) is 4.34. The molecule has 5 heteroatoms. The van der Waals surface area contributed by atoms with Crippen molar-refractivity contribution < 1.29 is 9.53 Å². The molecule has 1 aromatic heterocycles. The third-order valence-electron chi connectivity index (χ3n) is 2.72. The van der Waals surface area contributed by atoms with Gasteiger partial charge in [0.15, 0.2) is 0 Å². The summed E-state index contributed by atoms with van der Waals surface area (Å²) in [5.74, 6) is -0.176. The van der Waals surface area contributed by atoms with Crippen LogP contribution in [-0.2, 0) is 4.74 Å². The molecule has 0 aliphatic rings. The molecule has 0 saturated carbocycles. The second-order valence-corrected chi connectivity index (χ2v) is 4.73. The Morgan fingerprint density at radius 1 is 1.47 bits per heavy atom. The van der Waals surface area contributed by atoms with Crippen LogP contribution in [0.2, 0.25) is 5.15 Å². The molecule has 1 heterocycles. The lowest BCUT2D eigenvalue weighted by atomic mass is 10.1. The van der Waals surface area contributed by atoms with Crippen LogP contribution < -0.4 is 5.32 Å². The summed E-state index contributed by atoms with van der Waals surface area (Å²) in [6.07, 6.45) is 0. The lowest BCUT2D eigenvalue weighted by molar-refractivity contribution is 0.0907. The van der Waals surface area contributed by atoms with Crippen molar-refractivity contribution in [1.82, 2.24) is 10.3 Å². The molecule has 1 aromatic carbocycles. The summed E-state index contributed by atoms with van der Waals surface area (Å²) in [7, 11) is 1.60. The first-order chi connectivity index (χ1) is 9.11. The molecule has 1 atom stereocenters. The van der Waals surface area contributed by atoms with E-state index in [9.17, 15) is 4.79 Å². The molecule has 19 heavy (non-hydrogen) atoms. The first-order valence-corrected chi connectivity index (χ1v) is 6.34. The first-order valence-electron chi connectivity index (χ1n) is 5.97. The zero-order valence-corrected chi connectivity index (χ0v) is 11.6. The molecule has 0 spiro atoms. The Morgan fingerprint density at radius 2 is 2.21 bits per heavy atom. The molecule has 1 N–H and O–H groups in total. The van der Waals surface area contributed by atoms with E-state index in [1.807, 2.05) is 31.2 Å². The molecule has 0 saturated heterocycles. The van der Waals surface area contributed by atoms with Crippen molar-refractivity contribution in [2.24, 2.45) is 0 Å². The summed E-state index contributed by atoms with van der Waals surface area (Å²) >= 11 is 5.95. The van der Waals surface area contributed by atoms with E-state index >= 15 is 0 Å². The number of nitrogens with one attached hydrogen (secondary N) is 1. The SMILES string of the molecule is COCC(C)NC(=O)c1cc(Cl)nc2ccccc12. The van der Waals surface area contributed by atoms with Crippen LogP contribution in [0.4, 0.5) is 0 Å². The van der Waals surface area contributed by atoms with Crippen molar-refractivity contribution in [2.75, 3.05) is 13.7 Å². The third-order valence-corrected chi connectivity index (χ3v) is 2.92. The molecule has 4 nitrogen and oxygen atoms in total. The van der Waals surface area contributed by atoms with Gasteiger partial charge < -0.3 is 10.1 Å². The van der Waals surface area contributed by atoms with Crippen LogP contribution >= 0.6 is 11.6 Å². The van der Waals surface area contributed by atoms with Gasteiger partial charge in [-0.1, -0.05) is 29.8 Å². The van der Waals surface area contributed by atoms with Crippen LogP contribution in [0.15, 0.2) is 30.3 Å². The van der Waals surface area contributed by atoms with Crippen LogP contribution in [0.1, 0.15) is 17.3 Å². The van der Waals surface area contributed by atoms with Gasteiger partial charge in [-0.15, -0.1) is 0 Å². The molecule has 1 unspecified atom stereocenters. The number of ether oxygens (including phenoxy) is 1. The van der Waals surface area contributed by atoms with Gasteiger partial charge in [-0.25, -0.2) is 4.98 Å². The van der Waals surface area contributed by atoms with Crippen molar-refractivity contribution in [3.05, 3.63) is 41.0 Å². The van der Waals surface area contributed by atoms with E-state index in [0.29, 0.717) is 22.8 Å². The molecule has 0 radical (unpaired) electrons. The van der Waals surface area contributed by atoms with Gasteiger partial charge in [-0.2, -0.15) is 0 Å². The number of benzene rings is 1. The number of carbonyl (C=O) groups excluding carboxylic acids is 1. The predicted molar refractivity (Wildman–Crippen MR) is 75.6 cm³/mol. The second kappa shape index (κ2) is 5.99. The fourth-order valence-corrected chi connectivity index (χ4v) is 2.12. The molecular weight excluding hydrogens is 264 g/mol. The van der Waals surface area contributed by atoms with Crippen molar-refractivity contribution in [1.29, 1.82) is 0 Å². The van der Waals surface area contributed by atoms with E-state index in [1.54, 1.807) is 13.2 Å². The van der Waals surface area contributed by atoms with Crippen LogP contribution in [0.3, 0.4) is 0 Å². The van der Waals surface area contributed by atoms with Crippen molar-refractivity contribution in [3.8, 4) is 0 Å². The molecule has 2 aromatic rings. The molecule has 0 aliphatic heterocycles. The minimum absolute atomic E-state index is 0.0665. The highest BCUT2D eigenvalue weighted by Crippen LogP contribution is 2.20. The monoisotopic (exact) mass is 278 g/mol. The summed E-state index contributed by atoms with van der Waals surface area (Å²) in [5.41, 5.74) is 1.23. The van der Waals surface area contributed by atoms with Gasteiger partial charge in [0.05, 0.1) is 17.7 Å². The van der Waals surface area contributed by atoms with Crippen LogP contribution in [-0.4, -0.2) is 30.6 Å². The van der Waals surface area contributed by atoms with Gasteiger partial charge in [0.2, 0.25) is 0 Å². The summed E-state index contributed by atoms with van der Waals surface area (Å²) < 4.78 is 5.00. The minimum Gasteiger partial charge on any atom is -0.383 e. The molecule has 100 valence electrons. The number of halogens is 1. The minimum atomic E-state index is -0.176. The zero-order chi connectivity index (χ0) is 13.8. The number of carbonyl (C=O) groups is 1. The van der Waals surface area contributed by atoms with Crippen molar-refractivity contribution in [2.45, 2.75) is 13.0 Å². The van der Waals surface area contributed by atoms with Crippen LogP contribution in [0, 0.1) is 0 Å². The summed E-state index contributed by atoms with van der Waals surface area (Å²) in [5, 5.41) is 3.96. The first kappa shape index (κ1) is 13.8. The normalized spacial score (nSPS) is 12.4. The lowest BCUT2D eigenvalue weighted by Gasteiger charge is -2.14. The average Bonchev–Trinajstić information content (AvgIpc) is 2.37. The van der Waals surface area contributed by atoms with Crippen LogP contribution in [0.25, 0.3) is 10.9 Å². The number of rotatable bonds is 4. The summed E-state index contributed by atoms with van der Waals surface area (Å²) in [6.45, 7) is 2.34. The smallest absolute Gasteiger partial charge is 0.252 e. The third kappa shape index (κ3) is 3.22. The molecule has 0 fully saturated rings. The molecule has 1 amide bonds. The molecular formula is C14H15ClN2O2. The summed E-state index contributed by atoms with van der Waals surface area (Å²) in [6, 6.07) is 8.93. The maximum atomic E-state index is 12.2. The maximum absolute atomic E-state index is 12.2. The number of hydrogen-bond acceptors (Lipinski definition) is 3. The van der Waals surface area contributed by atoms with E-state index < -0.39 is 0 Å². The predicted octanol–water partition coefficient (Wildman–Crippen LogP) is 2.65. The number of hydrogen-bond donors (Lipinski definition) is 1. The molecule has 0 aliphatic carbocycles. The number of nitrogens with zero attached hydrogens (tertiary/aromatic N) is 1. The van der Waals surface area contributed by atoms with Gasteiger partial charge in [-0.05, 0) is 19.1 Å². The van der Waals surface area contributed by atoms with Gasteiger partial charge in [0.25, 0.3) is 5.91 Å². The number of methoxy groups -OCH3 is 1. The lowest BCUT2D eigenvalue weighted by Crippen LogP contribution is -2.35. The van der Waals surface area contributed by atoms with Crippen LogP contribution in [0.5, 0.6) is 0 Å². The van der Waals surface area contributed by atoms with Gasteiger partial charge in [-0.3, -0.25) is 4.79 Å². The van der Waals surface area contributed by atoms with E-state index in [-0.39, 0.29) is 11.9 Å². The summed E-state index contributed by atoms with van der Waals surface area (Å²) in [4.78, 5) is 16.4. The van der Waals surface area contributed by atoms with E-state index in [0.717, 1.165) is 5.39 Å². The van der Waals surface area contributed by atoms with Gasteiger partial charge in [0, 0.05) is 18.5 Å². The standard InChI is InChI=1S/C14H15ClN2O2/c1-9(8-19-2)16-14(18)11-7-13(15)17-12-6-4-3-5-10(11)12/h3-7,9H,8H2,1-2H3,(H,16,18). The fourth-order valence-electron chi connectivity index (χ4n) is 1.92. The Balaban J connectivity index is 2.36. The highest BCUT2D eigenvalue weighted by molar-refractivity contribution is 6.30. The number of amides is 1. The maximum Gasteiger partial charge on any atom is 0.252 e. The number of pyridine rings is 1. The zero-order valence-electron chi connectivity index (χ0n) is 10.8. The Morgan fingerprint density at radius 3 is 2.95 bits per heavy atom. The molecule has 2 rings (SSSR count). The number of para-hydroxylation sites is 1. The van der Waals surface area contributed by atoms with E-state index in [2.05, 4.69) is 10.3 Å². The fraction of sp³-hybridized carbons (Fsp3) is 0.286. The Bertz CT molecular complexity index is 601.